The number of hydrogen-bond acceptors (Lipinski definition) is 2. The predicted octanol–water partition coefficient (Wildman–Crippen LogP) is 4.85. The Hall–Kier alpha value is -0.730. The maximum atomic E-state index is 4.08. The molecule has 0 saturated carbocycles. The van der Waals surface area contributed by atoms with Crippen LogP contribution in [0.4, 0.5) is 0 Å². The van der Waals surface area contributed by atoms with E-state index in [0.29, 0.717) is 5.92 Å². The molecule has 1 nitrogen and oxygen atoms in total. The van der Waals surface area contributed by atoms with Gasteiger partial charge in [0.1, 0.15) is 0 Å². The Kier molecular flexibility index (Phi) is 4.66. The molecule has 0 radical (unpaired) electrons. The summed E-state index contributed by atoms with van der Waals surface area (Å²) in [6.45, 7) is 14.1. The molecule has 2 rings (SSSR count). The van der Waals surface area contributed by atoms with Crippen molar-refractivity contribution in [2.75, 3.05) is 12.3 Å². The van der Waals surface area contributed by atoms with Crippen molar-refractivity contribution in [1.29, 1.82) is 0 Å². The molecule has 1 heterocycles. The third-order valence-electron chi connectivity index (χ3n) is 4.03. The number of rotatable bonds is 5. The molecule has 0 amide bonds. The van der Waals surface area contributed by atoms with Gasteiger partial charge in [-0.15, -0.1) is 18.3 Å². The van der Waals surface area contributed by atoms with Crippen LogP contribution in [0.3, 0.4) is 0 Å². The second-order valence-corrected chi connectivity index (χ2v) is 8.27. The van der Waals surface area contributed by atoms with Gasteiger partial charge in [0.25, 0.3) is 0 Å². The zero-order valence-electron chi connectivity index (χ0n) is 13.2. The van der Waals surface area contributed by atoms with E-state index in [1.807, 2.05) is 11.8 Å². The van der Waals surface area contributed by atoms with E-state index in [0.717, 1.165) is 6.54 Å². The average molecular weight is 289 g/mol. The lowest BCUT2D eigenvalue weighted by molar-refractivity contribution is 0.295. The van der Waals surface area contributed by atoms with Gasteiger partial charge >= 0.3 is 0 Å². The molecule has 2 atom stereocenters. The molecule has 1 aromatic carbocycles. The second kappa shape index (κ2) is 5.95. The number of thioether (sulfide) groups is 1. The lowest BCUT2D eigenvalue weighted by atomic mass is 9.78. The highest BCUT2D eigenvalue weighted by Gasteiger charge is 2.31. The molecule has 1 N–H and O–H groups in total. The fraction of sp³-hybridized carbons (Fsp3) is 0.556. The van der Waals surface area contributed by atoms with Crippen molar-refractivity contribution < 1.29 is 0 Å². The van der Waals surface area contributed by atoms with Crippen molar-refractivity contribution in [2.24, 2.45) is 5.41 Å². The van der Waals surface area contributed by atoms with Crippen LogP contribution in [0.25, 0.3) is 0 Å². The van der Waals surface area contributed by atoms with E-state index in [4.69, 9.17) is 0 Å². The first-order chi connectivity index (χ1) is 9.33. The van der Waals surface area contributed by atoms with Crippen LogP contribution < -0.4 is 5.32 Å². The summed E-state index contributed by atoms with van der Waals surface area (Å²) in [7, 11) is 0. The molecular formula is C18H27NS. The van der Waals surface area contributed by atoms with E-state index in [9.17, 15) is 0 Å². The third-order valence-corrected chi connectivity index (χ3v) is 5.28. The normalized spacial score (nSPS) is 21.3. The standard InChI is InChI=1S/C18H27NS/c1-6-18(5,13-19-17(2,3)4)11-14-12-20-16-10-8-7-9-15(14)16/h6-10,14,19H,1,11-13H2,2-5H3. The van der Waals surface area contributed by atoms with E-state index in [2.05, 4.69) is 69.9 Å². The summed E-state index contributed by atoms with van der Waals surface area (Å²) in [6, 6.07) is 8.85. The Morgan fingerprint density at radius 1 is 1.30 bits per heavy atom. The summed E-state index contributed by atoms with van der Waals surface area (Å²) in [5.41, 5.74) is 1.84. The topological polar surface area (TPSA) is 12.0 Å². The number of fused-ring (bicyclic) bond motifs is 1. The van der Waals surface area contributed by atoms with Gasteiger partial charge in [0, 0.05) is 22.7 Å². The molecule has 0 aliphatic carbocycles. The first-order valence-corrected chi connectivity index (χ1v) is 8.42. The summed E-state index contributed by atoms with van der Waals surface area (Å²) in [5, 5.41) is 3.63. The SMILES string of the molecule is C=CC(C)(CNC(C)(C)C)CC1CSc2ccccc21. The van der Waals surface area contributed by atoms with Gasteiger partial charge in [0.05, 0.1) is 0 Å². The summed E-state index contributed by atoms with van der Waals surface area (Å²) in [6.07, 6.45) is 3.31. The van der Waals surface area contributed by atoms with Gasteiger partial charge in [-0.05, 0) is 50.2 Å². The van der Waals surface area contributed by atoms with E-state index in [-0.39, 0.29) is 11.0 Å². The van der Waals surface area contributed by atoms with Crippen LogP contribution in [0.1, 0.15) is 45.6 Å². The van der Waals surface area contributed by atoms with Crippen LogP contribution in [0, 0.1) is 5.41 Å². The first-order valence-electron chi connectivity index (χ1n) is 7.43. The van der Waals surface area contributed by atoms with Crippen molar-refractivity contribution in [2.45, 2.75) is 50.5 Å². The number of nitrogens with one attached hydrogen (secondary N) is 1. The molecular weight excluding hydrogens is 262 g/mol. The van der Waals surface area contributed by atoms with E-state index >= 15 is 0 Å². The van der Waals surface area contributed by atoms with Crippen LogP contribution in [0.2, 0.25) is 0 Å². The maximum absolute atomic E-state index is 4.08. The highest BCUT2D eigenvalue weighted by molar-refractivity contribution is 7.99. The lowest BCUT2D eigenvalue weighted by Crippen LogP contribution is -2.42. The summed E-state index contributed by atoms with van der Waals surface area (Å²) in [5.74, 6) is 1.86. The van der Waals surface area contributed by atoms with E-state index in [1.165, 1.54) is 22.6 Å². The lowest BCUT2D eigenvalue weighted by Gasteiger charge is -2.33. The van der Waals surface area contributed by atoms with Gasteiger partial charge in [0.2, 0.25) is 0 Å². The van der Waals surface area contributed by atoms with Crippen molar-refractivity contribution in [3.8, 4) is 0 Å². The minimum Gasteiger partial charge on any atom is -0.311 e. The monoisotopic (exact) mass is 289 g/mol. The molecule has 2 heteroatoms. The van der Waals surface area contributed by atoms with E-state index < -0.39 is 0 Å². The molecule has 0 saturated heterocycles. The zero-order chi connectivity index (χ0) is 14.8. The molecule has 110 valence electrons. The largest absolute Gasteiger partial charge is 0.311 e. The fourth-order valence-electron chi connectivity index (χ4n) is 2.66. The van der Waals surface area contributed by atoms with Gasteiger partial charge < -0.3 is 5.32 Å². The Bertz CT molecular complexity index is 475. The van der Waals surface area contributed by atoms with Crippen molar-refractivity contribution in [3.63, 3.8) is 0 Å². The number of hydrogen-bond donors (Lipinski definition) is 1. The summed E-state index contributed by atoms with van der Waals surface area (Å²) >= 11 is 2.00. The maximum Gasteiger partial charge on any atom is 0.0107 e. The van der Waals surface area contributed by atoms with Gasteiger partial charge in [-0.2, -0.15) is 0 Å². The van der Waals surface area contributed by atoms with Crippen LogP contribution in [-0.2, 0) is 0 Å². The molecule has 0 aromatic heterocycles. The van der Waals surface area contributed by atoms with Gasteiger partial charge in [-0.1, -0.05) is 31.2 Å². The van der Waals surface area contributed by atoms with E-state index in [1.54, 1.807) is 0 Å². The minimum atomic E-state index is 0.149. The Morgan fingerprint density at radius 3 is 2.65 bits per heavy atom. The Labute approximate surface area is 128 Å². The molecule has 1 aliphatic rings. The van der Waals surface area contributed by atoms with Crippen molar-refractivity contribution in [1.82, 2.24) is 5.32 Å². The quantitative estimate of drug-likeness (QED) is 0.778. The molecule has 2 unspecified atom stereocenters. The summed E-state index contributed by atoms with van der Waals surface area (Å²) < 4.78 is 0. The molecule has 1 aliphatic heterocycles. The Morgan fingerprint density at radius 2 is 2.00 bits per heavy atom. The van der Waals surface area contributed by atoms with Crippen LogP contribution in [-0.4, -0.2) is 17.8 Å². The van der Waals surface area contributed by atoms with Gasteiger partial charge in [-0.25, -0.2) is 0 Å². The summed E-state index contributed by atoms with van der Waals surface area (Å²) in [4.78, 5) is 1.47. The highest BCUT2D eigenvalue weighted by Crippen LogP contribution is 2.45. The molecule has 0 fully saturated rings. The molecule has 20 heavy (non-hydrogen) atoms. The highest BCUT2D eigenvalue weighted by atomic mass is 32.2. The smallest absolute Gasteiger partial charge is 0.0107 e. The number of benzene rings is 1. The van der Waals surface area contributed by atoms with Gasteiger partial charge in [-0.3, -0.25) is 0 Å². The Balaban J connectivity index is 2.06. The molecule has 0 bridgehead atoms. The molecule has 0 spiro atoms. The van der Waals surface area contributed by atoms with Crippen LogP contribution >= 0.6 is 11.8 Å². The van der Waals surface area contributed by atoms with Crippen molar-refractivity contribution >= 4 is 11.8 Å². The predicted molar refractivity (Wildman–Crippen MR) is 90.6 cm³/mol. The second-order valence-electron chi connectivity index (χ2n) is 7.21. The minimum absolute atomic E-state index is 0.149. The molecule has 1 aromatic rings. The van der Waals surface area contributed by atoms with Crippen LogP contribution in [0.5, 0.6) is 0 Å². The van der Waals surface area contributed by atoms with Crippen molar-refractivity contribution in [3.05, 3.63) is 42.5 Å². The average Bonchev–Trinajstić information content (AvgIpc) is 2.79. The first kappa shape index (κ1) is 15.7. The third kappa shape index (κ3) is 3.89. The fourth-order valence-corrected chi connectivity index (χ4v) is 3.91. The van der Waals surface area contributed by atoms with Gasteiger partial charge in [0.15, 0.2) is 0 Å². The van der Waals surface area contributed by atoms with Crippen LogP contribution in [0.15, 0.2) is 41.8 Å². The zero-order valence-corrected chi connectivity index (χ0v) is 14.0.